The highest BCUT2D eigenvalue weighted by atomic mass is 79.9. The molecule has 0 aliphatic rings. The highest BCUT2D eigenvalue weighted by Crippen LogP contribution is 2.29. The van der Waals surface area contributed by atoms with Crippen molar-refractivity contribution < 1.29 is 9.53 Å². The Morgan fingerprint density at radius 3 is 2.67 bits per heavy atom. The second-order valence-corrected chi connectivity index (χ2v) is 7.65. The Morgan fingerprint density at radius 1 is 1.30 bits per heavy atom. The molecule has 0 aliphatic heterocycles. The number of carbonyl (C=O) groups excluding carboxylic acids is 1. The lowest BCUT2D eigenvalue weighted by Crippen LogP contribution is -2.30. The van der Waals surface area contributed by atoms with Gasteiger partial charge < -0.3 is 9.30 Å². The van der Waals surface area contributed by atoms with E-state index in [0.717, 1.165) is 32.5 Å². The molecule has 5 nitrogen and oxygen atoms in total. The van der Waals surface area contributed by atoms with Crippen LogP contribution < -0.4 is 4.90 Å². The lowest BCUT2D eigenvalue weighted by atomic mass is 10.1. The van der Waals surface area contributed by atoms with Gasteiger partial charge in [0.1, 0.15) is 5.82 Å². The number of rotatable bonds is 4. The zero-order valence-corrected chi connectivity index (χ0v) is 18.1. The van der Waals surface area contributed by atoms with Gasteiger partial charge in [0.25, 0.3) is 0 Å². The summed E-state index contributed by atoms with van der Waals surface area (Å²) in [5.74, 6) is 0.927. The van der Waals surface area contributed by atoms with Gasteiger partial charge in [-0.3, -0.25) is 4.90 Å². The number of aryl methyl sites for hydroxylation is 2. The standard InChI is InChI=1S/C20H21BrClN3O2/c1-5-24(20(26)27-4)16-7-6-14(17(22)10-16)11-25-13(3)23-19-12(2)8-15(21)9-18(19)25/h6-10H,5,11H2,1-4H3. The van der Waals surface area contributed by atoms with E-state index in [1.165, 1.54) is 12.0 Å². The molecule has 0 N–H and O–H groups in total. The predicted octanol–water partition coefficient (Wildman–Crippen LogP) is 5.71. The molecule has 0 aliphatic carbocycles. The fourth-order valence-corrected chi connectivity index (χ4v) is 3.99. The van der Waals surface area contributed by atoms with E-state index in [1.807, 2.05) is 26.0 Å². The average molecular weight is 451 g/mol. The topological polar surface area (TPSA) is 47.4 Å². The van der Waals surface area contributed by atoms with Gasteiger partial charge in [-0.25, -0.2) is 9.78 Å². The molecule has 0 atom stereocenters. The Labute approximate surface area is 172 Å². The van der Waals surface area contributed by atoms with Crippen LogP contribution in [0.5, 0.6) is 0 Å². The van der Waals surface area contributed by atoms with Gasteiger partial charge in [0.15, 0.2) is 0 Å². The normalized spacial score (nSPS) is 11.0. The molecule has 1 aromatic heterocycles. The molecule has 27 heavy (non-hydrogen) atoms. The molecule has 1 amide bonds. The van der Waals surface area contributed by atoms with Crippen molar-refractivity contribution in [1.29, 1.82) is 0 Å². The molecule has 3 aromatic rings. The van der Waals surface area contributed by atoms with E-state index in [1.54, 1.807) is 6.07 Å². The molecule has 0 spiro atoms. The number of ether oxygens (including phenoxy) is 1. The summed E-state index contributed by atoms with van der Waals surface area (Å²) in [5.41, 5.74) is 4.85. The second kappa shape index (κ2) is 7.90. The minimum atomic E-state index is -0.405. The first kappa shape index (κ1) is 19.7. The van der Waals surface area contributed by atoms with Crippen LogP contribution in [0.15, 0.2) is 34.8 Å². The van der Waals surface area contributed by atoms with Crippen LogP contribution in [-0.4, -0.2) is 29.3 Å². The van der Waals surface area contributed by atoms with Crippen molar-refractivity contribution in [3.63, 3.8) is 0 Å². The fraction of sp³-hybridized carbons (Fsp3) is 0.300. The molecule has 142 valence electrons. The third-order valence-electron chi connectivity index (χ3n) is 4.59. The zero-order valence-electron chi connectivity index (χ0n) is 15.7. The number of amides is 1. The van der Waals surface area contributed by atoms with Gasteiger partial charge >= 0.3 is 6.09 Å². The highest BCUT2D eigenvalue weighted by Gasteiger charge is 2.17. The summed E-state index contributed by atoms with van der Waals surface area (Å²) in [4.78, 5) is 18.1. The van der Waals surface area contributed by atoms with Gasteiger partial charge in [-0.15, -0.1) is 0 Å². The fourth-order valence-electron chi connectivity index (χ4n) is 3.20. The number of fused-ring (bicyclic) bond motifs is 1. The van der Waals surface area contributed by atoms with Crippen LogP contribution in [0.3, 0.4) is 0 Å². The van der Waals surface area contributed by atoms with Gasteiger partial charge in [-0.05, 0) is 56.2 Å². The van der Waals surface area contributed by atoms with Gasteiger partial charge in [-0.2, -0.15) is 0 Å². The summed E-state index contributed by atoms with van der Waals surface area (Å²) in [6.45, 7) is 7.03. The Morgan fingerprint density at radius 2 is 2.04 bits per heavy atom. The van der Waals surface area contributed by atoms with Crippen molar-refractivity contribution in [3.8, 4) is 0 Å². The van der Waals surface area contributed by atoms with Gasteiger partial charge in [-0.1, -0.05) is 33.6 Å². The monoisotopic (exact) mass is 449 g/mol. The van der Waals surface area contributed by atoms with Crippen LogP contribution in [0.4, 0.5) is 10.5 Å². The second-order valence-electron chi connectivity index (χ2n) is 6.33. The molecule has 7 heteroatoms. The molecule has 2 aromatic carbocycles. The van der Waals surface area contributed by atoms with E-state index in [2.05, 4.69) is 39.6 Å². The van der Waals surface area contributed by atoms with Crippen molar-refractivity contribution >= 4 is 50.3 Å². The molecule has 0 saturated heterocycles. The quantitative estimate of drug-likeness (QED) is 0.511. The SMILES string of the molecule is CCN(C(=O)OC)c1ccc(Cn2c(C)nc3c(C)cc(Br)cc32)c(Cl)c1. The molecule has 0 radical (unpaired) electrons. The van der Waals surface area contributed by atoms with Gasteiger partial charge in [0, 0.05) is 21.7 Å². The molecule has 0 fully saturated rings. The number of benzene rings is 2. The minimum Gasteiger partial charge on any atom is -0.452 e. The third kappa shape index (κ3) is 3.82. The molecular weight excluding hydrogens is 430 g/mol. The van der Waals surface area contributed by atoms with E-state index in [-0.39, 0.29) is 0 Å². The number of halogens is 2. The van der Waals surface area contributed by atoms with Crippen LogP contribution >= 0.6 is 27.5 Å². The molecule has 0 bridgehead atoms. The lowest BCUT2D eigenvalue weighted by Gasteiger charge is -2.20. The number of aromatic nitrogens is 2. The highest BCUT2D eigenvalue weighted by molar-refractivity contribution is 9.10. The maximum absolute atomic E-state index is 11.9. The first-order valence-electron chi connectivity index (χ1n) is 8.62. The summed E-state index contributed by atoms with van der Waals surface area (Å²) in [5, 5.41) is 0.600. The number of methoxy groups -OCH3 is 1. The summed E-state index contributed by atoms with van der Waals surface area (Å²) in [6.07, 6.45) is -0.405. The first-order chi connectivity index (χ1) is 12.8. The Balaban J connectivity index is 1.99. The predicted molar refractivity (Wildman–Crippen MR) is 113 cm³/mol. The molecule has 0 saturated carbocycles. The van der Waals surface area contributed by atoms with E-state index in [0.29, 0.717) is 23.8 Å². The number of anilines is 1. The van der Waals surface area contributed by atoms with Crippen LogP contribution in [0.25, 0.3) is 11.0 Å². The van der Waals surface area contributed by atoms with Crippen LogP contribution in [-0.2, 0) is 11.3 Å². The van der Waals surface area contributed by atoms with Gasteiger partial charge in [0.05, 0.1) is 24.7 Å². The Kier molecular flexibility index (Phi) is 5.77. The first-order valence-corrected chi connectivity index (χ1v) is 9.79. The molecule has 3 rings (SSSR count). The van der Waals surface area contributed by atoms with Crippen molar-refractivity contribution in [2.75, 3.05) is 18.6 Å². The maximum Gasteiger partial charge on any atom is 0.413 e. The largest absolute Gasteiger partial charge is 0.452 e. The number of imidazole rings is 1. The van der Waals surface area contributed by atoms with Gasteiger partial charge in [0.2, 0.25) is 0 Å². The van der Waals surface area contributed by atoms with E-state index in [9.17, 15) is 4.79 Å². The van der Waals surface area contributed by atoms with Crippen LogP contribution in [0, 0.1) is 13.8 Å². The van der Waals surface area contributed by atoms with Crippen molar-refractivity contribution in [3.05, 3.63) is 56.8 Å². The number of nitrogens with zero attached hydrogens (tertiary/aromatic N) is 3. The maximum atomic E-state index is 11.9. The van der Waals surface area contributed by atoms with E-state index in [4.69, 9.17) is 21.3 Å². The van der Waals surface area contributed by atoms with E-state index < -0.39 is 6.09 Å². The van der Waals surface area contributed by atoms with Crippen molar-refractivity contribution in [2.24, 2.45) is 0 Å². The van der Waals surface area contributed by atoms with Crippen molar-refractivity contribution in [1.82, 2.24) is 9.55 Å². The van der Waals surface area contributed by atoms with Crippen molar-refractivity contribution in [2.45, 2.75) is 27.3 Å². The van der Waals surface area contributed by atoms with Crippen LogP contribution in [0.2, 0.25) is 5.02 Å². The van der Waals surface area contributed by atoms with E-state index >= 15 is 0 Å². The number of hydrogen-bond donors (Lipinski definition) is 0. The Bertz CT molecular complexity index is 1020. The lowest BCUT2D eigenvalue weighted by molar-refractivity contribution is 0.179. The summed E-state index contributed by atoms with van der Waals surface area (Å²) in [6, 6.07) is 9.76. The minimum absolute atomic E-state index is 0.405. The number of carbonyl (C=O) groups is 1. The third-order valence-corrected chi connectivity index (χ3v) is 5.40. The average Bonchev–Trinajstić information content (AvgIpc) is 2.93. The molecular formula is C20H21BrClN3O2. The zero-order chi connectivity index (χ0) is 19.7. The summed E-state index contributed by atoms with van der Waals surface area (Å²) in [7, 11) is 1.37. The molecule has 0 unspecified atom stereocenters. The number of hydrogen-bond acceptors (Lipinski definition) is 3. The molecule has 1 heterocycles. The smallest absolute Gasteiger partial charge is 0.413 e. The Hall–Kier alpha value is -2.05. The van der Waals surface area contributed by atoms with Crippen LogP contribution in [0.1, 0.15) is 23.9 Å². The summed E-state index contributed by atoms with van der Waals surface area (Å²) >= 11 is 10.1. The summed E-state index contributed by atoms with van der Waals surface area (Å²) < 4.78 is 7.99.